The first-order valence-electron chi connectivity index (χ1n) is 9.32. The fraction of sp³-hybridized carbons (Fsp3) is 0.450. The van der Waals surface area contributed by atoms with E-state index < -0.39 is 11.7 Å². The van der Waals surface area contributed by atoms with E-state index in [9.17, 15) is 14.4 Å². The van der Waals surface area contributed by atoms with E-state index in [4.69, 9.17) is 4.74 Å². The van der Waals surface area contributed by atoms with Crippen LogP contribution in [0.25, 0.3) is 11.0 Å². The van der Waals surface area contributed by atoms with Crippen molar-refractivity contribution in [3.05, 3.63) is 35.2 Å². The van der Waals surface area contributed by atoms with Crippen molar-refractivity contribution in [2.45, 2.75) is 40.2 Å². The summed E-state index contributed by atoms with van der Waals surface area (Å²) >= 11 is 0. The number of carbonyl (C=O) groups excluding carboxylic acids is 3. The van der Waals surface area contributed by atoms with Gasteiger partial charge in [0.1, 0.15) is 5.60 Å². The van der Waals surface area contributed by atoms with Crippen LogP contribution >= 0.6 is 0 Å². The minimum absolute atomic E-state index is 0.203. The highest BCUT2D eigenvalue weighted by Gasteiger charge is 2.16. The van der Waals surface area contributed by atoms with Crippen molar-refractivity contribution < 1.29 is 19.1 Å². The third kappa shape index (κ3) is 7.02. The minimum Gasteiger partial charge on any atom is -0.444 e. The molecule has 29 heavy (non-hydrogen) atoms. The Labute approximate surface area is 169 Å². The minimum atomic E-state index is -0.661. The Bertz CT molecular complexity index is 921. The Hall–Kier alpha value is -3.23. The Kier molecular flexibility index (Phi) is 7.08. The van der Waals surface area contributed by atoms with Gasteiger partial charge in [-0.05, 0) is 52.8 Å². The summed E-state index contributed by atoms with van der Waals surface area (Å²) in [6.07, 6.45) is -0.661. The van der Waals surface area contributed by atoms with Gasteiger partial charge in [0.15, 0.2) is 0 Å². The molecule has 9 nitrogen and oxygen atoms in total. The molecule has 2 aromatic rings. The molecule has 0 spiro atoms. The molecule has 3 N–H and O–H groups in total. The number of carbonyl (C=O) groups is 3. The van der Waals surface area contributed by atoms with Gasteiger partial charge in [0.2, 0.25) is 5.91 Å². The predicted octanol–water partition coefficient (Wildman–Crippen LogP) is 1.62. The second kappa shape index (κ2) is 9.31. The molecular weight excluding hydrogens is 374 g/mol. The van der Waals surface area contributed by atoms with Gasteiger partial charge in [-0.2, -0.15) is 0 Å². The molecule has 0 atom stereocenters. The lowest BCUT2D eigenvalue weighted by molar-refractivity contribution is -0.120. The molecule has 0 unspecified atom stereocenters. The third-order valence-electron chi connectivity index (χ3n) is 3.86. The van der Waals surface area contributed by atoms with Crippen LogP contribution in [-0.2, 0) is 9.53 Å². The van der Waals surface area contributed by atoms with Crippen LogP contribution < -0.4 is 16.0 Å². The summed E-state index contributed by atoms with van der Waals surface area (Å²) in [5, 5.41) is 7.70. The number of fused-ring (bicyclic) bond motifs is 1. The summed E-state index contributed by atoms with van der Waals surface area (Å²) in [5.74, 6) is -0.648. The standard InChI is InChI=1S/C20H27N5O4/c1-12-13(2)25-16-10-14(6-7-15(16)24-12)18(27)22-9-8-21-17(26)11-23-19(28)29-20(3,4)5/h6-7,10H,8-9,11H2,1-5H3,(H,21,26)(H,22,27)(H,23,28). The van der Waals surface area contributed by atoms with E-state index in [1.54, 1.807) is 39.0 Å². The van der Waals surface area contributed by atoms with Crippen LogP contribution in [0.3, 0.4) is 0 Å². The number of benzene rings is 1. The Morgan fingerprint density at radius 2 is 1.55 bits per heavy atom. The molecule has 0 bridgehead atoms. The zero-order chi connectivity index (χ0) is 21.6. The molecule has 0 fully saturated rings. The number of rotatable bonds is 6. The maximum atomic E-state index is 12.3. The smallest absolute Gasteiger partial charge is 0.408 e. The molecule has 0 aliphatic carbocycles. The molecule has 0 aliphatic rings. The number of nitrogens with one attached hydrogen (secondary N) is 3. The van der Waals surface area contributed by atoms with Gasteiger partial charge in [0.25, 0.3) is 5.91 Å². The van der Waals surface area contributed by atoms with Crippen molar-refractivity contribution >= 4 is 28.9 Å². The molecular formula is C20H27N5O4. The van der Waals surface area contributed by atoms with E-state index in [0.717, 1.165) is 16.9 Å². The van der Waals surface area contributed by atoms with Crippen LogP contribution in [0.15, 0.2) is 18.2 Å². The first kappa shape index (κ1) is 22.1. The van der Waals surface area contributed by atoms with Gasteiger partial charge in [0.05, 0.1) is 29.0 Å². The second-order valence-corrected chi connectivity index (χ2v) is 7.56. The maximum absolute atomic E-state index is 12.3. The van der Waals surface area contributed by atoms with Crippen LogP contribution in [0.1, 0.15) is 42.5 Å². The van der Waals surface area contributed by atoms with E-state index in [2.05, 4.69) is 25.9 Å². The van der Waals surface area contributed by atoms with Gasteiger partial charge in [-0.15, -0.1) is 0 Å². The van der Waals surface area contributed by atoms with Crippen molar-refractivity contribution in [3.8, 4) is 0 Å². The lowest BCUT2D eigenvalue weighted by atomic mass is 10.1. The van der Waals surface area contributed by atoms with E-state index in [0.29, 0.717) is 11.1 Å². The molecule has 9 heteroatoms. The van der Waals surface area contributed by atoms with Crippen molar-refractivity contribution in [2.24, 2.45) is 0 Å². The molecule has 0 aliphatic heterocycles. The molecule has 0 radical (unpaired) electrons. The highest BCUT2D eigenvalue weighted by molar-refractivity contribution is 5.97. The van der Waals surface area contributed by atoms with Gasteiger partial charge < -0.3 is 20.7 Å². The quantitative estimate of drug-likeness (QED) is 0.632. The maximum Gasteiger partial charge on any atom is 0.408 e. The number of amides is 3. The molecule has 0 saturated heterocycles. The highest BCUT2D eigenvalue weighted by Crippen LogP contribution is 2.14. The number of aromatic nitrogens is 2. The summed E-state index contributed by atoms with van der Waals surface area (Å²) in [6, 6.07) is 5.13. The van der Waals surface area contributed by atoms with Crippen molar-refractivity contribution in [1.29, 1.82) is 0 Å². The van der Waals surface area contributed by atoms with Crippen LogP contribution in [0.2, 0.25) is 0 Å². The van der Waals surface area contributed by atoms with Crippen LogP contribution in [0.4, 0.5) is 4.79 Å². The lowest BCUT2D eigenvalue weighted by Crippen LogP contribution is -2.42. The zero-order valence-electron chi connectivity index (χ0n) is 17.4. The van der Waals surface area contributed by atoms with E-state index in [1.807, 2.05) is 13.8 Å². The van der Waals surface area contributed by atoms with Crippen LogP contribution in [0.5, 0.6) is 0 Å². The van der Waals surface area contributed by atoms with Crippen molar-refractivity contribution in [1.82, 2.24) is 25.9 Å². The number of hydrogen-bond acceptors (Lipinski definition) is 6. The van der Waals surface area contributed by atoms with E-state index in [-0.39, 0.29) is 31.4 Å². The Balaban J connectivity index is 1.75. The molecule has 1 aromatic carbocycles. The fourth-order valence-electron chi connectivity index (χ4n) is 2.38. The summed E-state index contributed by atoms with van der Waals surface area (Å²) < 4.78 is 5.04. The van der Waals surface area contributed by atoms with Gasteiger partial charge in [-0.25, -0.2) is 14.8 Å². The van der Waals surface area contributed by atoms with Gasteiger partial charge in [0, 0.05) is 18.7 Å². The average Bonchev–Trinajstić information content (AvgIpc) is 2.62. The fourth-order valence-corrected chi connectivity index (χ4v) is 2.38. The summed E-state index contributed by atoms with van der Waals surface area (Å²) in [6.45, 7) is 9.23. The van der Waals surface area contributed by atoms with Crippen LogP contribution in [-0.4, -0.2) is 53.1 Å². The monoisotopic (exact) mass is 401 g/mol. The molecule has 0 saturated carbocycles. The summed E-state index contributed by atoms with van der Waals surface area (Å²) in [7, 11) is 0. The summed E-state index contributed by atoms with van der Waals surface area (Å²) in [5.41, 5.74) is 2.89. The number of nitrogens with zero attached hydrogens (tertiary/aromatic N) is 2. The SMILES string of the molecule is Cc1nc2ccc(C(=O)NCCNC(=O)CNC(=O)OC(C)(C)C)cc2nc1C. The first-order chi connectivity index (χ1) is 13.5. The number of alkyl carbamates (subject to hydrolysis) is 1. The zero-order valence-corrected chi connectivity index (χ0v) is 17.4. The molecule has 2 rings (SSSR count). The average molecular weight is 401 g/mol. The molecule has 1 aromatic heterocycles. The number of ether oxygens (including phenoxy) is 1. The van der Waals surface area contributed by atoms with Crippen LogP contribution in [0, 0.1) is 13.8 Å². The van der Waals surface area contributed by atoms with E-state index >= 15 is 0 Å². The first-order valence-corrected chi connectivity index (χ1v) is 9.32. The second-order valence-electron chi connectivity index (χ2n) is 7.56. The summed E-state index contributed by atoms with van der Waals surface area (Å²) in [4.78, 5) is 44.4. The van der Waals surface area contributed by atoms with Crippen molar-refractivity contribution in [2.75, 3.05) is 19.6 Å². The largest absolute Gasteiger partial charge is 0.444 e. The van der Waals surface area contributed by atoms with Crippen molar-refractivity contribution in [3.63, 3.8) is 0 Å². The Morgan fingerprint density at radius 1 is 0.931 bits per heavy atom. The predicted molar refractivity (Wildman–Crippen MR) is 109 cm³/mol. The van der Waals surface area contributed by atoms with Gasteiger partial charge in [-0.3, -0.25) is 9.59 Å². The van der Waals surface area contributed by atoms with Gasteiger partial charge in [-0.1, -0.05) is 0 Å². The Morgan fingerprint density at radius 3 is 2.21 bits per heavy atom. The molecule has 3 amide bonds. The highest BCUT2D eigenvalue weighted by atomic mass is 16.6. The normalized spacial score (nSPS) is 11.1. The lowest BCUT2D eigenvalue weighted by Gasteiger charge is -2.19. The molecule has 156 valence electrons. The number of hydrogen-bond donors (Lipinski definition) is 3. The number of aryl methyl sites for hydroxylation is 2. The third-order valence-corrected chi connectivity index (χ3v) is 3.86. The topological polar surface area (TPSA) is 122 Å². The molecule has 1 heterocycles. The van der Waals surface area contributed by atoms with E-state index in [1.165, 1.54) is 0 Å². The van der Waals surface area contributed by atoms with Gasteiger partial charge >= 0.3 is 6.09 Å².